The predicted molar refractivity (Wildman–Crippen MR) is 54.1 cm³/mol. The summed E-state index contributed by atoms with van der Waals surface area (Å²) >= 11 is 0. The summed E-state index contributed by atoms with van der Waals surface area (Å²) in [6, 6.07) is 10.9. The molecule has 1 atom stereocenters. The maximum absolute atomic E-state index is 9.67. The molecule has 2 aromatic rings. The molecule has 0 saturated heterocycles. The molecule has 0 bridgehead atoms. The third kappa shape index (κ3) is 2.51. The van der Waals surface area contributed by atoms with E-state index in [0.717, 1.165) is 0 Å². The van der Waals surface area contributed by atoms with Crippen molar-refractivity contribution >= 4 is 0 Å². The Labute approximate surface area is 87.2 Å². The van der Waals surface area contributed by atoms with Crippen LogP contribution in [0, 0.1) is 0 Å². The van der Waals surface area contributed by atoms with Gasteiger partial charge >= 0.3 is 6.01 Å². The third-order valence-electron chi connectivity index (χ3n) is 1.84. The average Bonchev–Trinajstić information content (AvgIpc) is 2.31. The van der Waals surface area contributed by atoms with Gasteiger partial charge in [0, 0.05) is 18.0 Å². The third-order valence-corrected chi connectivity index (χ3v) is 1.84. The van der Waals surface area contributed by atoms with Gasteiger partial charge in [0.05, 0.1) is 0 Å². The van der Waals surface area contributed by atoms with Crippen molar-refractivity contribution in [3.05, 3.63) is 54.4 Å². The summed E-state index contributed by atoms with van der Waals surface area (Å²) in [4.78, 5) is 7.70. The van der Waals surface area contributed by atoms with Crippen molar-refractivity contribution in [3.8, 4) is 6.01 Å². The molecule has 0 amide bonds. The molecule has 2 rings (SSSR count). The lowest BCUT2D eigenvalue weighted by molar-refractivity contribution is -0.0262. The molecular formula is C11H10N2O2. The van der Waals surface area contributed by atoms with Crippen molar-refractivity contribution in [2.24, 2.45) is 0 Å². The molecule has 0 aliphatic carbocycles. The second kappa shape index (κ2) is 4.52. The lowest BCUT2D eigenvalue weighted by Crippen LogP contribution is -2.07. The van der Waals surface area contributed by atoms with Gasteiger partial charge in [-0.05, 0) is 6.07 Å². The highest BCUT2D eigenvalue weighted by molar-refractivity contribution is 5.16. The van der Waals surface area contributed by atoms with E-state index in [1.165, 1.54) is 0 Å². The molecule has 1 aromatic carbocycles. The molecule has 4 heteroatoms. The number of aliphatic hydroxyl groups is 1. The van der Waals surface area contributed by atoms with Crippen LogP contribution in [0.1, 0.15) is 11.9 Å². The van der Waals surface area contributed by atoms with Crippen LogP contribution in [0.5, 0.6) is 6.01 Å². The van der Waals surface area contributed by atoms with E-state index in [2.05, 4.69) is 9.97 Å². The molecule has 76 valence electrons. The lowest BCUT2D eigenvalue weighted by Gasteiger charge is -2.11. The van der Waals surface area contributed by atoms with E-state index in [1.807, 2.05) is 18.2 Å². The van der Waals surface area contributed by atoms with E-state index in [4.69, 9.17) is 4.74 Å². The van der Waals surface area contributed by atoms with E-state index in [1.54, 1.807) is 30.6 Å². The van der Waals surface area contributed by atoms with Gasteiger partial charge in [-0.3, -0.25) is 0 Å². The summed E-state index contributed by atoms with van der Waals surface area (Å²) in [6.45, 7) is 0. The Morgan fingerprint density at radius 3 is 2.33 bits per heavy atom. The minimum absolute atomic E-state index is 0.161. The molecule has 1 N–H and O–H groups in total. The molecule has 0 radical (unpaired) electrons. The molecule has 4 nitrogen and oxygen atoms in total. The van der Waals surface area contributed by atoms with Crippen LogP contribution in [0.2, 0.25) is 0 Å². The summed E-state index contributed by atoms with van der Waals surface area (Å²) in [5, 5.41) is 9.67. The number of nitrogens with zero attached hydrogens (tertiary/aromatic N) is 2. The Kier molecular flexibility index (Phi) is 2.90. The van der Waals surface area contributed by atoms with Crippen molar-refractivity contribution in [2.75, 3.05) is 0 Å². The normalized spacial score (nSPS) is 12.1. The maximum atomic E-state index is 9.67. The van der Waals surface area contributed by atoms with Gasteiger partial charge in [0.25, 0.3) is 0 Å². The first-order valence-electron chi connectivity index (χ1n) is 4.53. The summed E-state index contributed by atoms with van der Waals surface area (Å²) in [5.74, 6) is 0. The molecule has 15 heavy (non-hydrogen) atoms. The van der Waals surface area contributed by atoms with Crippen molar-refractivity contribution in [1.29, 1.82) is 0 Å². The number of benzene rings is 1. The monoisotopic (exact) mass is 202 g/mol. The molecular weight excluding hydrogens is 192 g/mol. The predicted octanol–water partition coefficient (Wildman–Crippen LogP) is 1.55. The number of aliphatic hydroxyl groups excluding tert-OH is 1. The largest absolute Gasteiger partial charge is 0.429 e. The Morgan fingerprint density at radius 2 is 1.67 bits per heavy atom. The van der Waals surface area contributed by atoms with E-state index in [-0.39, 0.29) is 6.01 Å². The van der Waals surface area contributed by atoms with Crippen molar-refractivity contribution in [2.45, 2.75) is 6.29 Å². The minimum atomic E-state index is -1.03. The maximum Gasteiger partial charge on any atom is 0.318 e. The minimum Gasteiger partial charge on any atom is -0.429 e. The van der Waals surface area contributed by atoms with Crippen molar-refractivity contribution in [3.63, 3.8) is 0 Å². The van der Waals surface area contributed by atoms with Crippen LogP contribution < -0.4 is 4.74 Å². The first-order chi connectivity index (χ1) is 7.36. The van der Waals surface area contributed by atoms with E-state index in [9.17, 15) is 5.11 Å². The van der Waals surface area contributed by atoms with Crippen molar-refractivity contribution in [1.82, 2.24) is 9.97 Å². The first kappa shape index (κ1) is 9.61. The summed E-state index contributed by atoms with van der Waals surface area (Å²) in [5.41, 5.74) is 0.671. The van der Waals surface area contributed by atoms with Gasteiger partial charge in [0.2, 0.25) is 6.29 Å². The van der Waals surface area contributed by atoms with Crippen LogP contribution in [0.15, 0.2) is 48.8 Å². The van der Waals surface area contributed by atoms with Crippen LogP contribution in [0.25, 0.3) is 0 Å². The Bertz CT molecular complexity index is 405. The second-order valence-electron chi connectivity index (χ2n) is 2.91. The topological polar surface area (TPSA) is 55.2 Å². The summed E-state index contributed by atoms with van der Waals surface area (Å²) in [7, 11) is 0. The highest BCUT2D eigenvalue weighted by atomic mass is 16.6. The summed E-state index contributed by atoms with van der Waals surface area (Å²) in [6.07, 6.45) is 2.08. The number of hydrogen-bond donors (Lipinski definition) is 1. The second-order valence-corrected chi connectivity index (χ2v) is 2.91. The molecule has 1 unspecified atom stereocenters. The van der Waals surface area contributed by atoms with Gasteiger partial charge in [-0.2, -0.15) is 0 Å². The highest BCUT2D eigenvalue weighted by Gasteiger charge is 2.09. The van der Waals surface area contributed by atoms with Gasteiger partial charge in [-0.25, -0.2) is 9.97 Å². The molecule has 0 aliphatic rings. The Hall–Kier alpha value is -1.94. The molecule has 0 spiro atoms. The van der Waals surface area contributed by atoms with Crippen LogP contribution in [0.4, 0.5) is 0 Å². The Morgan fingerprint density at radius 1 is 1.00 bits per heavy atom. The fourth-order valence-corrected chi connectivity index (χ4v) is 1.13. The Balaban J connectivity index is 2.08. The molecule has 1 aromatic heterocycles. The zero-order valence-electron chi connectivity index (χ0n) is 7.95. The fraction of sp³-hybridized carbons (Fsp3) is 0.0909. The van der Waals surface area contributed by atoms with Crippen LogP contribution in [0.3, 0.4) is 0 Å². The van der Waals surface area contributed by atoms with Gasteiger partial charge in [-0.15, -0.1) is 0 Å². The van der Waals surface area contributed by atoms with Gasteiger partial charge < -0.3 is 9.84 Å². The summed E-state index contributed by atoms with van der Waals surface area (Å²) < 4.78 is 5.13. The number of rotatable bonds is 3. The van der Waals surface area contributed by atoms with Crippen molar-refractivity contribution < 1.29 is 9.84 Å². The molecule has 0 aliphatic heterocycles. The number of ether oxygens (including phenoxy) is 1. The lowest BCUT2D eigenvalue weighted by atomic mass is 10.2. The smallest absolute Gasteiger partial charge is 0.318 e. The molecule has 0 saturated carbocycles. The highest BCUT2D eigenvalue weighted by Crippen LogP contribution is 2.14. The van der Waals surface area contributed by atoms with Gasteiger partial charge in [0.1, 0.15) is 0 Å². The molecule has 0 fully saturated rings. The van der Waals surface area contributed by atoms with E-state index >= 15 is 0 Å². The van der Waals surface area contributed by atoms with Crippen LogP contribution in [-0.2, 0) is 0 Å². The van der Waals surface area contributed by atoms with E-state index < -0.39 is 6.29 Å². The number of aromatic nitrogens is 2. The van der Waals surface area contributed by atoms with E-state index in [0.29, 0.717) is 5.56 Å². The van der Waals surface area contributed by atoms with Gasteiger partial charge in [-0.1, -0.05) is 30.3 Å². The zero-order valence-corrected chi connectivity index (χ0v) is 7.95. The van der Waals surface area contributed by atoms with Crippen LogP contribution in [-0.4, -0.2) is 15.1 Å². The average molecular weight is 202 g/mol. The first-order valence-corrected chi connectivity index (χ1v) is 4.53. The zero-order chi connectivity index (χ0) is 10.5. The number of hydrogen-bond acceptors (Lipinski definition) is 4. The quantitative estimate of drug-likeness (QED) is 0.767. The molecule has 1 heterocycles. The van der Waals surface area contributed by atoms with Gasteiger partial charge in [0.15, 0.2) is 0 Å². The van der Waals surface area contributed by atoms with Crippen LogP contribution >= 0.6 is 0 Å². The standard InChI is InChI=1S/C11H10N2O2/c14-10(9-5-2-1-3-6-9)15-11-12-7-4-8-13-11/h1-8,10,14H. The fourth-order valence-electron chi connectivity index (χ4n) is 1.13. The SMILES string of the molecule is OC(Oc1ncccn1)c1ccccc1.